The minimum absolute atomic E-state index is 0.0385. The van der Waals surface area contributed by atoms with Gasteiger partial charge in [-0.15, -0.1) is 5.10 Å². The zero-order valence-corrected chi connectivity index (χ0v) is 46.5. The second-order valence-electron chi connectivity index (χ2n) is 22.4. The van der Waals surface area contributed by atoms with Crippen molar-refractivity contribution in [2.24, 2.45) is 23.7 Å². The molecule has 420 valence electrons. The first-order valence-corrected chi connectivity index (χ1v) is 27.1. The van der Waals surface area contributed by atoms with Gasteiger partial charge in [-0.3, -0.25) is 29.2 Å². The molecule has 0 aliphatic carbocycles. The number of aryl methyl sites for hydroxylation is 1. The number of ether oxygens (including phenoxy) is 7. The van der Waals surface area contributed by atoms with Crippen LogP contribution in [0.25, 0.3) is 11.3 Å². The van der Waals surface area contributed by atoms with Gasteiger partial charge in [0.15, 0.2) is 12.6 Å². The Bertz CT molecular complexity index is 2080. The molecule has 3 saturated heterocycles. The molecule has 5 N–H and O–H groups in total. The Morgan fingerprint density at radius 1 is 0.851 bits per heavy atom. The van der Waals surface area contributed by atoms with Crippen LogP contribution in [0.3, 0.4) is 0 Å². The molecule has 0 spiro atoms. The molecule has 1 aromatic heterocycles. The fourth-order valence-corrected chi connectivity index (χ4v) is 11.5. The number of rotatable bonds is 20. The fraction of sp³-hybridized carbons (Fsp3) is 0.800. The molecule has 19 nitrogen and oxygen atoms in total. The number of aromatic nitrogens is 3. The number of unbranched alkanes of at least 4 members (excludes halogenated alkanes) is 5. The third-order valence-corrected chi connectivity index (χ3v) is 16.5. The lowest BCUT2D eigenvalue weighted by molar-refractivity contribution is -0.309. The molecule has 2 aromatic rings. The van der Waals surface area contributed by atoms with Gasteiger partial charge in [-0.1, -0.05) is 82.9 Å². The molecule has 5 rings (SSSR count). The van der Waals surface area contributed by atoms with Gasteiger partial charge in [0.25, 0.3) is 0 Å². The maximum Gasteiger partial charge on any atom is 0.311 e. The molecule has 0 bridgehead atoms. The van der Waals surface area contributed by atoms with Crippen molar-refractivity contribution in [3.8, 4) is 11.3 Å². The summed E-state index contributed by atoms with van der Waals surface area (Å²) in [6, 6.07) is 8.39. The third kappa shape index (κ3) is 15.4. The molecule has 74 heavy (non-hydrogen) atoms. The fourth-order valence-electron chi connectivity index (χ4n) is 11.5. The average Bonchev–Trinajstić information content (AvgIpc) is 3.86. The van der Waals surface area contributed by atoms with Crippen molar-refractivity contribution in [1.82, 2.24) is 25.4 Å². The van der Waals surface area contributed by atoms with Gasteiger partial charge in [-0.25, -0.2) is 5.48 Å². The first kappa shape index (κ1) is 61.4. The van der Waals surface area contributed by atoms with Crippen LogP contribution >= 0.6 is 0 Å². The number of nitrogens with one attached hydrogen (secondary N) is 1. The van der Waals surface area contributed by atoms with Crippen molar-refractivity contribution < 1.29 is 68.1 Å². The van der Waals surface area contributed by atoms with Crippen LogP contribution < -0.4 is 5.48 Å². The highest BCUT2D eigenvalue weighted by Crippen LogP contribution is 2.42. The standard InChI is InChI=1S/C55H91N5O14/c1-14-43-55(10,66)49(63)35(4)47(62)33(2)29-54(9,69-13)51(36(5)48(37(6)52(65)72-43)73-46-30-53(8,68-12)50(64)38(7)71-46)74-45-28-41(27-34(3)70-45)59(11)31-39-22-24-40(25-23-39)42-32-60(58-56-42)26-20-18-16-15-17-19-21-44(61)57-67/h22-25,32-38,41,43,45-46,48-51,63-64,66-67H,14-21,26-31H2,1-13H3,(H,57,61)/t33-,34-,35+,36+,37-,38+,41+,43?,45?,46?,48-,49-,50+,51-,53-,54+,55-/m1/s1. The quantitative estimate of drug-likeness (QED) is 0.0410. The van der Waals surface area contributed by atoms with E-state index < -0.39 is 95.6 Å². The predicted molar refractivity (Wildman–Crippen MR) is 275 cm³/mol. The molecule has 17 atom stereocenters. The highest BCUT2D eigenvalue weighted by Gasteiger charge is 2.53. The lowest BCUT2D eigenvalue weighted by Gasteiger charge is -2.49. The van der Waals surface area contributed by atoms with E-state index in [4.69, 9.17) is 38.4 Å². The number of hydroxylamine groups is 1. The van der Waals surface area contributed by atoms with Gasteiger partial charge < -0.3 is 48.5 Å². The van der Waals surface area contributed by atoms with Crippen molar-refractivity contribution in [3.63, 3.8) is 0 Å². The van der Waals surface area contributed by atoms with Gasteiger partial charge in [0, 0.05) is 75.9 Å². The lowest BCUT2D eigenvalue weighted by atomic mass is 9.74. The normalized spacial score (nSPS) is 36.8. The summed E-state index contributed by atoms with van der Waals surface area (Å²) in [4.78, 5) is 42.3. The number of esters is 1. The number of cyclic esters (lactones) is 1. The Morgan fingerprint density at radius 3 is 2.14 bits per heavy atom. The SMILES string of the molecule is CCC1OC(=O)[C@H](C)[C@H](OC2C[C@@](C)(OC)[C@@H](O)[C@H](C)O2)[C@H](C)[C@@H](OC2C[C@@H](N(C)Cc3ccc(-c4cn(CCCCCCCCC(=O)NO)nn4)cc3)C[C@@H](C)O2)[C@@](C)(OC)C[C@@H](C)C(=O)[C@H](C)[C@@H](O)[C@]1(C)O. The minimum Gasteiger partial charge on any atom is -0.459 e. The minimum atomic E-state index is -1.97. The van der Waals surface area contributed by atoms with E-state index in [-0.39, 0.29) is 43.1 Å². The van der Waals surface area contributed by atoms with E-state index in [0.717, 1.165) is 68.3 Å². The van der Waals surface area contributed by atoms with Crippen molar-refractivity contribution in [2.75, 3.05) is 21.3 Å². The summed E-state index contributed by atoms with van der Waals surface area (Å²) in [5.74, 6) is -4.67. The lowest BCUT2D eigenvalue weighted by Crippen LogP contribution is -2.60. The Morgan fingerprint density at radius 2 is 1.50 bits per heavy atom. The van der Waals surface area contributed by atoms with Gasteiger partial charge in [0.05, 0.1) is 53.8 Å². The first-order valence-electron chi connectivity index (χ1n) is 27.1. The predicted octanol–water partition coefficient (Wildman–Crippen LogP) is 6.53. The molecule has 3 unspecified atom stereocenters. The molecule has 1 amide bonds. The van der Waals surface area contributed by atoms with Crippen molar-refractivity contribution in [1.29, 1.82) is 0 Å². The molecule has 0 saturated carbocycles. The van der Waals surface area contributed by atoms with Crippen LogP contribution in [0, 0.1) is 23.7 Å². The number of aliphatic hydroxyl groups excluding tert-OH is 2. The number of Topliss-reactive ketones (excluding diaryl/α,β-unsaturated/α-hetero) is 1. The number of nitrogens with zero attached hydrogens (tertiary/aromatic N) is 4. The molecular formula is C55H91N5O14. The first-order chi connectivity index (χ1) is 34.9. The van der Waals surface area contributed by atoms with Crippen LogP contribution in [0.15, 0.2) is 30.5 Å². The summed E-state index contributed by atoms with van der Waals surface area (Å²) < 4.78 is 47.2. The van der Waals surface area contributed by atoms with E-state index in [9.17, 15) is 29.7 Å². The second-order valence-corrected chi connectivity index (χ2v) is 22.4. The highest BCUT2D eigenvalue weighted by atomic mass is 16.7. The molecule has 19 heteroatoms. The van der Waals surface area contributed by atoms with Crippen LogP contribution in [0.4, 0.5) is 0 Å². The number of amides is 1. The van der Waals surface area contributed by atoms with Crippen LogP contribution in [0.5, 0.6) is 0 Å². The van der Waals surface area contributed by atoms with E-state index in [1.807, 2.05) is 31.6 Å². The number of ketones is 1. The Labute approximate surface area is 439 Å². The number of benzene rings is 1. The summed E-state index contributed by atoms with van der Waals surface area (Å²) in [6.07, 6.45) is 1.78. The van der Waals surface area contributed by atoms with E-state index in [0.29, 0.717) is 19.4 Å². The molecule has 0 radical (unpaired) electrons. The average molecular weight is 1050 g/mol. The second kappa shape index (κ2) is 27.2. The maximum absolute atomic E-state index is 14.5. The summed E-state index contributed by atoms with van der Waals surface area (Å²) in [6.45, 7) is 19.0. The van der Waals surface area contributed by atoms with Crippen LogP contribution in [-0.4, -0.2) is 158 Å². The summed E-state index contributed by atoms with van der Waals surface area (Å²) >= 11 is 0. The number of hydrogen-bond donors (Lipinski definition) is 5. The van der Waals surface area contributed by atoms with Crippen LogP contribution in [-0.2, 0) is 60.6 Å². The zero-order chi connectivity index (χ0) is 54.7. The Balaban J connectivity index is 1.36. The van der Waals surface area contributed by atoms with E-state index in [1.165, 1.54) is 14.0 Å². The topological polar surface area (TPSA) is 243 Å². The smallest absolute Gasteiger partial charge is 0.311 e. The van der Waals surface area contributed by atoms with Crippen LogP contribution in [0.2, 0.25) is 0 Å². The number of hydrogen-bond acceptors (Lipinski definition) is 17. The molecule has 4 heterocycles. The number of carbonyl (C=O) groups is 3. The van der Waals surface area contributed by atoms with Gasteiger partial charge in [0.2, 0.25) is 5.91 Å². The van der Waals surface area contributed by atoms with E-state index in [2.05, 4.69) is 46.5 Å². The number of methoxy groups -OCH3 is 2. The third-order valence-electron chi connectivity index (χ3n) is 16.5. The molecule has 3 fully saturated rings. The summed E-state index contributed by atoms with van der Waals surface area (Å²) in [5.41, 5.74) is 0.354. The van der Waals surface area contributed by atoms with Crippen molar-refractivity contribution in [2.45, 2.75) is 238 Å². The highest BCUT2D eigenvalue weighted by molar-refractivity contribution is 5.83. The van der Waals surface area contributed by atoms with Crippen molar-refractivity contribution in [3.05, 3.63) is 36.0 Å². The molecular weight excluding hydrogens is 955 g/mol. The van der Waals surface area contributed by atoms with Gasteiger partial charge >= 0.3 is 5.97 Å². The van der Waals surface area contributed by atoms with Gasteiger partial charge in [-0.2, -0.15) is 0 Å². The molecule has 3 aliphatic rings. The summed E-state index contributed by atoms with van der Waals surface area (Å²) in [5, 5.41) is 52.0. The Kier molecular flexibility index (Phi) is 22.6. The zero-order valence-electron chi connectivity index (χ0n) is 46.5. The van der Waals surface area contributed by atoms with Gasteiger partial charge in [-0.05, 0) is 86.3 Å². The largest absolute Gasteiger partial charge is 0.459 e. The molecule has 3 aliphatic heterocycles. The van der Waals surface area contributed by atoms with Gasteiger partial charge in [0.1, 0.15) is 29.3 Å². The van der Waals surface area contributed by atoms with E-state index in [1.54, 1.807) is 54.1 Å². The maximum atomic E-state index is 14.5. The van der Waals surface area contributed by atoms with Crippen LogP contribution in [0.1, 0.15) is 152 Å². The Hall–Kier alpha value is -3.47. The van der Waals surface area contributed by atoms with Crippen molar-refractivity contribution >= 4 is 17.7 Å². The summed E-state index contributed by atoms with van der Waals surface area (Å²) in [7, 11) is 5.18. The number of aliphatic hydroxyl groups is 3. The monoisotopic (exact) mass is 1050 g/mol. The number of carbonyl (C=O) groups excluding carboxylic acids is 3. The molecule has 1 aromatic carbocycles. The van der Waals surface area contributed by atoms with E-state index >= 15 is 0 Å².